The van der Waals surface area contributed by atoms with Gasteiger partial charge in [0, 0.05) is 76.1 Å². The van der Waals surface area contributed by atoms with Crippen molar-refractivity contribution < 1.29 is 41.8 Å². The number of carbonyl (C=O) groups excluding carboxylic acids is 4. The van der Waals surface area contributed by atoms with Gasteiger partial charge in [-0.1, -0.05) is 29.8 Å². The standard InChI is InChI=1S/C42H45ClF3N7O7/c43-32-21-26(20-31(37(32)47)42(44,45)46)22-34(60-41(58)53-14-10-27(11-15-53)30-23-28-6-2-3-7-33(28)49-38(30)55)39(56)52-18-16-50(17-19-52)35-9-8-29(24-48-35)40(57)59-25-36(54)51-12-4-1-5-13-51/h2-3,6-9,20-21,23-24,27,34H,1,4-5,10-19,22,25,47H2,(H,49,55)/t34-/m1/s1. The van der Waals surface area contributed by atoms with E-state index in [1.54, 1.807) is 17.0 Å². The van der Waals surface area contributed by atoms with Gasteiger partial charge >= 0.3 is 18.2 Å². The number of anilines is 2. The van der Waals surface area contributed by atoms with Crippen molar-refractivity contribution in [2.75, 3.05) is 69.6 Å². The first kappa shape index (κ1) is 42.3. The van der Waals surface area contributed by atoms with E-state index >= 15 is 0 Å². The van der Waals surface area contributed by atoms with Crippen LogP contribution in [0.1, 0.15) is 65.1 Å². The molecule has 0 spiro atoms. The van der Waals surface area contributed by atoms with E-state index in [1.807, 2.05) is 35.2 Å². The van der Waals surface area contributed by atoms with E-state index in [0.29, 0.717) is 50.4 Å². The van der Waals surface area contributed by atoms with Crippen molar-refractivity contribution in [3.8, 4) is 0 Å². The molecule has 3 aliphatic heterocycles. The second-order valence-corrected chi connectivity index (χ2v) is 15.7. The smallest absolute Gasteiger partial charge is 0.418 e. The van der Waals surface area contributed by atoms with E-state index in [9.17, 15) is 37.1 Å². The molecule has 2 aromatic carbocycles. The number of aromatic amines is 1. The van der Waals surface area contributed by atoms with Gasteiger partial charge in [0.15, 0.2) is 12.7 Å². The molecule has 18 heteroatoms. The van der Waals surface area contributed by atoms with E-state index < -0.39 is 47.9 Å². The number of rotatable bonds is 9. The van der Waals surface area contributed by atoms with Crippen LogP contribution in [0, 0.1) is 0 Å². The lowest BCUT2D eigenvalue weighted by Crippen LogP contribution is -2.53. The number of esters is 1. The third kappa shape index (κ3) is 9.78. The molecule has 60 heavy (non-hydrogen) atoms. The highest BCUT2D eigenvalue weighted by atomic mass is 35.5. The van der Waals surface area contributed by atoms with Crippen molar-refractivity contribution in [1.29, 1.82) is 0 Å². The number of H-pyrrole nitrogens is 1. The number of fused-ring (bicyclic) bond motifs is 1. The summed E-state index contributed by atoms with van der Waals surface area (Å²) in [6, 6.07) is 14.5. The zero-order chi connectivity index (χ0) is 42.6. The van der Waals surface area contributed by atoms with Crippen LogP contribution in [-0.2, 0) is 31.7 Å². The molecule has 0 unspecified atom stereocenters. The summed E-state index contributed by atoms with van der Waals surface area (Å²) in [6.07, 6.45) is -2.38. The molecule has 1 atom stereocenters. The van der Waals surface area contributed by atoms with Gasteiger partial charge in [-0.2, -0.15) is 13.2 Å². The first-order chi connectivity index (χ1) is 28.7. The highest BCUT2D eigenvalue weighted by Crippen LogP contribution is 2.38. The molecule has 7 rings (SSSR count). The van der Waals surface area contributed by atoms with Crippen molar-refractivity contribution in [1.82, 2.24) is 24.7 Å². The van der Waals surface area contributed by atoms with Crippen LogP contribution in [-0.4, -0.2) is 114 Å². The van der Waals surface area contributed by atoms with E-state index in [2.05, 4.69) is 9.97 Å². The molecule has 0 saturated carbocycles. The summed E-state index contributed by atoms with van der Waals surface area (Å²) < 4.78 is 52.7. The average Bonchev–Trinajstić information content (AvgIpc) is 3.26. The number of hydrogen-bond donors (Lipinski definition) is 2. The molecule has 318 valence electrons. The lowest BCUT2D eigenvalue weighted by molar-refractivity contribution is -0.141. The molecule has 2 aromatic heterocycles. The summed E-state index contributed by atoms with van der Waals surface area (Å²) >= 11 is 6.12. The Morgan fingerprint density at radius 2 is 1.60 bits per heavy atom. The quantitative estimate of drug-likeness (QED) is 0.159. The Labute approximate surface area is 348 Å². The number of halogens is 4. The van der Waals surface area contributed by atoms with Gasteiger partial charge in [0.25, 0.3) is 17.4 Å². The molecule has 4 aromatic rings. The number of nitrogens with two attached hydrogens (primary N) is 1. The number of nitrogen functional groups attached to an aromatic ring is 1. The second-order valence-electron chi connectivity index (χ2n) is 15.3. The molecule has 0 bridgehead atoms. The molecule has 0 radical (unpaired) electrons. The van der Waals surface area contributed by atoms with E-state index in [-0.39, 0.29) is 66.3 Å². The molecule has 0 aliphatic carbocycles. The van der Waals surface area contributed by atoms with Gasteiger partial charge in [0.1, 0.15) is 5.82 Å². The summed E-state index contributed by atoms with van der Waals surface area (Å²) in [4.78, 5) is 79.5. The predicted octanol–water partition coefficient (Wildman–Crippen LogP) is 5.62. The maximum Gasteiger partial charge on any atom is 0.418 e. The summed E-state index contributed by atoms with van der Waals surface area (Å²) in [5.41, 5.74) is 5.14. The summed E-state index contributed by atoms with van der Waals surface area (Å²) in [6.45, 7) is 2.34. The van der Waals surface area contributed by atoms with Crippen LogP contribution in [0.15, 0.2) is 65.6 Å². The normalized spacial score (nSPS) is 17.1. The highest BCUT2D eigenvalue weighted by Gasteiger charge is 2.37. The lowest BCUT2D eigenvalue weighted by atomic mass is 9.89. The highest BCUT2D eigenvalue weighted by molar-refractivity contribution is 6.33. The largest absolute Gasteiger partial charge is 0.452 e. The number of benzene rings is 2. The molecule has 14 nitrogen and oxygen atoms in total. The Bertz CT molecular complexity index is 2290. The number of nitrogens with one attached hydrogen (secondary N) is 1. The molecule has 3 saturated heterocycles. The maximum absolute atomic E-state index is 14.1. The van der Waals surface area contributed by atoms with Gasteiger partial charge in [-0.25, -0.2) is 14.6 Å². The number of aromatic nitrogens is 2. The number of piperidine rings is 2. The first-order valence-electron chi connectivity index (χ1n) is 19.9. The average molecular weight is 852 g/mol. The first-order valence-corrected chi connectivity index (χ1v) is 20.3. The fourth-order valence-electron chi connectivity index (χ4n) is 7.96. The van der Waals surface area contributed by atoms with Crippen LogP contribution in [0.4, 0.5) is 29.5 Å². The third-order valence-electron chi connectivity index (χ3n) is 11.3. The third-order valence-corrected chi connectivity index (χ3v) is 11.7. The molecular weight excluding hydrogens is 807 g/mol. The SMILES string of the molecule is Nc1c(Cl)cc(C[C@@H](OC(=O)N2CCC(c3cc4ccccc4[nH]c3=O)CC2)C(=O)N2CCN(c3ccc(C(=O)OCC(=O)N4CCCCC4)cn3)CC2)cc1C(F)(F)F. The molecule has 3 amide bonds. The Morgan fingerprint density at radius 1 is 0.883 bits per heavy atom. The minimum Gasteiger partial charge on any atom is -0.452 e. The molecule has 3 fully saturated rings. The molecular formula is C42H45ClF3N7O7. The number of para-hydroxylation sites is 1. The molecule has 5 heterocycles. The van der Waals surface area contributed by atoms with Crippen molar-refractivity contribution in [2.24, 2.45) is 0 Å². The maximum atomic E-state index is 14.1. The number of alkyl halides is 3. The van der Waals surface area contributed by atoms with Crippen LogP contribution in [0.2, 0.25) is 5.02 Å². The monoisotopic (exact) mass is 851 g/mol. The minimum atomic E-state index is -4.83. The van der Waals surface area contributed by atoms with E-state index in [0.717, 1.165) is 36.2 Å². The number of likely N-dealkylation sites (tertiary alicyclic amines) is 2. The zero-order valence-electron chi connectivity index (χ0n) is 32.7. The second kappa shape index (κ2) is 18.2. The van der Waals surface area contributed by atoms with Gasteiger partial charge in [-0.3, -0.25) is 14.4 Å². The van der Waals surface area contributed by atoms with Crippen LogP contribution in [0.25, 0.3) is 10.9 Å². The Morgan fingerprint density at radius 3 is 2.28 bits per heavy atom. The zero-order valence-corrected chi connectivity index (χ0v) is 33.5. The number of hydrogen-bond acceptors (Lipinski definition) is 10. The molecule has 3 N–H and O–H groups in total. The number of carbonyl (C=O) groups is 4. The van der Waals surface area contributed by atoms with Gasteiger partial charge in [0.05, 0.1) is 21.8 Å². The fourth-order valence-corrected chi connectivity index (χ4v) is 8.20. The summed E-state index contributed by atoms with van der Waals surface area (Å²) in [7, 11) is 0. The van der Waals surface area contributed by atoms with Crippen molar-refractivity contribution in [3.63, 3.8) is 0 Å². The number of nitrogens with zero attached hydrogens (tertiary/aromatic N) is 5. The number of pyridine rings is 2. The Hall–Kier alpha value is -5.84. The molecule has 3 aliphatic rings. The van der Waals surface area contributed by atoms with Crippen molar-refractivity contribution in [2.45, 2.75) is 56.7 Å². The van der Waals surface area contributed by atoms with Crippen molar-refractivity contribution >= 4 is 57.9 Å². The van der Waals surface area contributed by atoms with Crippen LogP contribution in [0.3, 0.4) is 0 Å². The summed E-state index contributed by atoms with van der Waals surface area (Å²) in [5.74, 6) is -1.13. The summed E-state index contributed by atoms with van der Waals surface area (Å²) in [5, 5.41) is 0.534. The number of ether oxygens (including phenoxy) is 2. The lowest BCUT2D eigenvalue weighted by Gasteiger charge is -2.37. The van der Waals surface area contributed by atoms with Crippen LogP contribution in [0.5, 0.6) is 0 Å². The van der Waals surface area contributed by atoms with Gasteiger partial charge in [-0.15, -0.1) is 0 Å². The Balaban J connectivity index is 0.993. The van der Waals surface area contributed by atoms with E-state index in [4.69, 9.17) is 26.8 Å². The van der Waals surface area contributed by atoms with E-state index in [1.165, 1.54) is 22.1 Å². The minimum absolute atomic E-state index is 0.000717. The predicted molar refractivity (Wildman–Crippen MR) is 217 cm³/mol. The number of amides is 3. The van der Waals surface area contributed by atoms with Gasteiger partial charge < -0.3 is 39.8 Å². The number of piperazine rings is 1. The van der Waals surface area contributed by atoms with Crippen molar-refractivity contribution in [3.05, 3.63) is 98.4 Å². The van der Waals surface area contributed by atoms with Crippen LogP contribution >= 0.6 is 11.6 Å². The Kier molecular flexibility index (Phi) is 12.8. The van der Waals surface area contributed by atoms with Gasteiger partial charge in [0.2, 0.25) is 0 Å². The van der Waals surface area contributed by atoms with Gasteiger partial charge in [-0.05, 0) is 85.4 Å². The van der Waals surface area contributed by atoms with Crippen LogP contribution < -0.4 is 16.2 Å². The fraction of sp³-hybridized carbons (Fsp3) is 0.429. The topological polar surface area (TPSA) is 171 Å².